The molecule has 24 heavy (non-hydrogen) atoms. The Morgan fingerprint density at radius 1 is 1.25 bits per heavy atom. The van der Waals surface area contributed by atoms with Gasteiger partial charge in [-0.1, -0.05) is 18.2 Å². The van der Waals surface area contributed by atoms with Crippen molar-refractivity contribution in [2.45, 2.75) is 45.7 Å². The summed E-state index contributed by atoms with van der Waals surface area (Å²) < 4.78 is 0. The van der Waals surface area contributed by atoms with E-state index in [0.29, 0.717) is 12.6 Å². The summed E-state index contributed by atoms with van der Waals surface area (Å²) in [4.78, 5) is 25.7. The number of hydrogen-bond acceptors (Lipinski definition) is 4. The lowest BCUT2D eigenvalue weighted by atomic mass is 10.0. The number of likely N-dealkylation sites (tertiary alicyclic amines) is 1. The van der Waals surface area contributed by atoms with Crippen molar-refractivity contribution >= 4 is 17.6 Å². The molecule has 6 heteroatoms. The second-order valence-corrected chi connectivity index (χ2v) is 6.29. The molecule has 0 spiro atoms. The normalized spacial score (nSPS) is 17.1. The highest BCUT2D eigenvalue weighted by molar-refractivity contribution is 5.96. The van der Waals surface area contributed by atoms with Crippen LogP contribution in [0.2, 0.25) is 0 Å². The summed E-state index contributed by atoms with van der Waals surface area (Å²) in [5.74, 6) is -0.244. The van der Waals surface area contributed by atoms with E-state index in [-0.39, 0.29) is 11.9 Å². The molecule has 1 aromatic rings. The number of nitrogens with one attached hydrogen (secondary N) is 3. The molecule has 0 saturated carbocycles. The first kappa shape index (κ1) is 18.3. The number of anilines is 1. The van der Waals surface area contributed by atoms with Gasteiger partial charge in [-0.05, 0) is 45.2 Å². The van der Waals surface area contributed by atoms with Crippen LogP contribution in [0.3, 0.4) is 0 Å². The zero-order valence-electron chi connectivity index (χ0n) is 14.8. The van der Waals surface area contributed by atoms with E-state index in [1.807, 2.05) is 26.0 Å². The van der Waals surface area contributed by atoms with Crippen LogP contribution in [0.1, 0.15) is 32.3 Å². The molecule has 0 aromatic heterocycles. The van der Waals surface area contributed by atoms with Crippen molar-refractivity contribution in [3.63, 3.8) is 0 Å². The molecule has 1 heterocycles. The second-order valence-electron chi connectivity index (χ2n) is 6.29. The van der Waals surface area contributed by atoms with Gasteiger partial charge in [-0.2, -0.15) is 0 Å². The number of amides is 3. The third kappa shape index (κ3) is 4.96. The topological polar surface area (TPSA) is 73.5 Å². The van der Waals surface area contributed by atoms with E-state index < -0.39 is 6.03 Å². The molecule has 3 amide bonds. The molecule has 1 saturated heterocycles. The third-order valence-corrected chi connectivity index (χ3v) is 4.54. The largest absolute Gasteiger partial charge is 0.382 e. The van der Waals surface area contributed by atoms with E-state index in [2.05, 4.69) is 39.9 Å². The zero-order chi connectivity index (χ0) is 17.5. The van der Waals surface area contributed by atoms with E-state index >= 15 is 0 Å². The molecule has 1 aliphatic rings. The Balaban J connectivity index is 1.80. The molecule has 1 aromatic carbocycles. The zero-order valence-corrected chi connectivity index (χ0v) is 14.8. The first-order valence-electron chi connectivity index (χ1n) is 8.66. The van der Waals surface area contributed by atoms with E-state index in [0.717, 1.165) is 25.9 Å². The SMILES string of the molecule is CCNC(=O)NC(=O)[C@H](C)N1CCC(Nc2ccccc2C)CC1. The molecule has 3 N–H and O–H groups in total. The Hall–Kier alpha value is -2.08. The molecular formula is C18H28N4O2. The molecule has 1 fully saturated rings. The molecular weight excluding hydrogens is 304 g/mol. The first-order valence-corrected chi connectivity index (χ1v) is 8.66. The van der Waals surface area contributed by atoms with Gasteiger partial charge in [-0.25, -0.2) is 4.79 Å². The Morgan fingerprint density at radius 3 is 2.54 bits per heavy atom. The fourth-order valence-corrected chi connectivity index (χ4v) is 2.97. The van der Waals surface area contributed by atoms with Crippen LogP contribution in [-0.4, -0.2) is 48.6 Å². The van der Waals surface area contributed by atoms with Crippen LogP contribution < -0.4 is 16.0 Å². The molecule has 0 aliphatic carbocycles. The summed E-state index contributed by atoms with van der Waals surface area (Å²) in [7, 11) is 0. The Kier molecular flexibility index (Phi) is 6.61. The van der Waals surface area contributed by atoms with Crippen molar-refractivity contribution in [1.29, 1.82) is 0 Å². The molecule has 0 radical (unpaired) electrons. The number of imide groups is 1. The minimum atomic E-state index is -0.426. The molecule has 2 rings (SSSR count). The fraction of sp³-hybridized carbons (Fsp3) is 0.556. The van der Waals surface area contributed by atoms with Gasteiger partial charge in [-0.15, -0.1) is 0 Å². The summed E-state index contributed by atoms with van der Waals surface area (Å²) in [6.45, 7) is 7.96. The van der Waals surface area contributed by atoms with Crippen molar-refractivity contribution in [1.82, 2.24) is 15.5 Å². The molecule has 0 unspecified atom stereocenters. The lowest BCUT2D eigenvalue weighted by molar-refractivity contribution is -0.125. The van der Waals surface area contributed by atoms with Crippen molar-refractivity contribution in [3.8, 4) is 0 Å². The van der Waals surface area contributed by atoms with Gasteiger partial charge in [0.15, 0.2) is 0 Å². The van der Waals surface area contributed by atoms with Crippen LogP contribution in [0.4, 0.5) is 10.5 Å². The summed E-state index contributed by atoms with van der Waals surface area (Å²) in [5, 5.41) is 8.56. The van der Waals surface area contributed by atoms with Gasteiger partial charge in [0.2, 0.25) is 5.91 Å². The predicted molar refractivity (Wildman–Crippen MR) is 96.1 cm³/mol. The van der Waals surface area contributed by atoms with Crippen LogP contribution >= 0.6 is 0 Å². The monoisotopic (exact) mass is 332 g/mol. The standard InChI is InChI=1S/C18H28N4O2/c1-4-19-18(24)21-17(23)14(3)22-11-9-15(10-12-22)20-16-8-6-5-7-13(16)2/h5-8,14-15,20H,4,9-12H2,1-3H3,(H2,19,21,23,24)/t14-/m0/s1. The number of rotatable bonds is 5. The van der Waals surface area contributed by atoms with Gasteiger partial charge in [0, 0.05) is 31.4 Å². The average molecular weight is 332 g/mol. The third-order valence-electron chi connectivity index (χ3n) is 4.54. The van der Waals surface area contributed by atoms with E-state index in [1.54, 1.807) is 0 Å². The van der Waals surface area contributed by atoms with Gasteiger partial charge < -0.3 is 10.6 Å². The average Bonchev–Trinajstić information content (AvgIpc) is 2.57. The minimum absolute atomic E-state index is 0.244. The van der Waals surface area contributed by atoms with Crippen LogP contribution in [-0.2, 0) is 4.79 Å². The molecule has 1 atom stereocenters. The van der Waals surface area contributed by atoms with Gasteiger partial charge in [0.1, 0.15) is 0 Å². The molecule has 132 valence electrons. The van der Waals surface area contributed by atoms with Gasteiger partial charge >= 0.3 is 6.03 Å². The highest BCUT2D eigenvalue weighted by Crippen LogP contribution is 2.20. The van der Waals surface area contributed by atoms with Crippen molar-refractivity contribution in [3.05, 3.63) is 29.8 Å². The lowest BCUT2D eigenvalue weighted by Gasteiger charge is -2.36. The predicted octanol–water partition coefficient (Wildman–Crippen LogP) is 2.11. The number of para-hydroxylation sites is 1. The Labute approximate surface area is 144 Å². The summed E-state index contributed by atoms with van der Waals surface area (Å²) in [6, 6.07) is 7.98. The fourth-order valence-electron chi connectivity index (χ4n) is 2.97. The summed E-state index contributed by atoms with van der Waals surface area (Å²) in [5.41, 5.74) is 2.42. The van der Waals surface area contributed by atoms with E-state index in [9.17, 15) is 9.59 Å². The maximum Gasteiger partial charge on any atom is 0.321 e. The Bertz CT molecular complexity index is 568. The number of carbonyl (C=O) groups excluding carboxylic acids is 2. The number of carbonyl (C=O) groups is 2. The number of aryl methyl sites for hydroxylation is 1. The van der Waals surface area contributed by atoms with Crippen LogP contribution in [0.25, 0.3) is 0 Å². The minimum Gasteiger partial charge on any atom is -0.382 e. The molecule has 0 bridgehead atoms. The quantitative estimate of drug-likeness (QED) is 0.772. The number of piperidine rings is 1. The smallest absolute Gasteiger partial charge is 0.321 e. The van der Waals surface area contributed by atoms with Crippen LogP contribution in [0.5, 0.6) is 0 Å². The van der Waals surface area contributed by atoms with Crippen molar-refractivity contribution in [2.75, 3.05) is 25.0 Å². The summed E-state index contributed by atoms with van der Waals surface area (Å²) >= 11 is 0. The maximum absolute atomic E-state index is 12.1. The highest BCUT2D eigenvalue weighted by atomic mass is 16.2. The Morgan fingerprint density at radius 2 is 1.92 bits per heavy atom. The molecule has 1 aliphatic heterocycles. The summed E-state index contributed by atoms with van der Waals surface area (Å²) in [6.07, 6.45) is 1.96. The van der Waals surface area contributed by atoms with Gasteiger partial charge in [0.25, 0.3) is 0 Å². The first-order chi connectivity index (χ1) is 11.5. The number of urea groups is 1. The number of benzene rings is 1. The number of hydrogen-bond donors (Lipinski definition) is 3. The van der Waals surface area contributed by atoms with E-state index in [4.69, 9.17) is 0 Å². The molecule has 6 nitrogen and oxygen atoms in total. The van der Waals surface area contributed by atoms with Crippen LogP contribution in [0.15, 0.2) is 24.3 Å². The van der Waals surface area contributed by atoms with E-state index in [1.165, 1.54) is 11.3 Å². The van der Waals surface area contributed by atoms with Crippen LogP contribution in [0, 0.1) is 6.92 Å². The lowest BCUT2D eigenvalue weighted by Crippen LogP contribution is -2.52. The maximum atomic E-state index is 12.1. The second kappa shape index (κ2) is 8.68. The number of nitrogens with zero attached hydrogens (tertiary/aromatic N) is 1. The van der Waals surface area contributed by atoms with Gasteiger partial charge in [-0.3, -0.25) is 15.0 Å². The van der Waals surface area contributed by atoms with Crippen molar-refractivity contribution in [2.24, 2.45) is 0 Å². The van der Waals surface area contributed by atoms with Crippen molar-refractivity contribution < 1.29 is 9.59 Å². The van der Waals surface area contributed by atoms with Gasteiger partial charge in [0.05, 0.1) is 6.04 Å². The highest BCUT2D eigenvalue weighted by Gasteiger charge is 2.27.